The molecule has 0 aliphatic rings. The molecule has 0 bridgehead atoms. The van der Waals surface area contributed by atoms with Crippen LogP contribution in [0.5, 0.6) is 0 Å². The lowest BCUT2D eigenvalue weighted by Gasteiger charge is -2.08. The molecule has 1 N–H and O–H groups in total. The first-order valence-corrected chi connectivity index (χ1v) is 4.49. The zero-order chi connectivity index (χ0) is 12.3. The maximum Gasteiger partial charge on any atom is 0.307 e. The predicted octanol–water partition coefficient (Wildman–Crippen LogP) is 2.43. The summed E-state index contributed by atoms with van der Waals surface area (Å²) in [5.74, 6) is -1.09. The summed E-state index contributed by atoms with van der Waals surface area (Å²) in [4.78, 5) is 10.6. The van der Waals surface area contributed by atoms with Gasteiger partial charge in [-0.15, -0.1) is 0 Å². The number of nitriles is 1. The molecule has 16 heavy (non-hydrogen) atoms. The van der Waals surface area contributed by atoms with E-state index < -0.39 is 12.4 Å². The number of carboxylic acid groups (broad SMARTS) is 1. The topological polar surface area (TPSA) is 61.1 Å². The minimum Gasteiger partial charge on any atom is -0.481 e. The third kappa shape index (κ3) is 2.54. The Balaban J connectivity index is 3.30. The van der Waals surface area contributed by atoms with Gasteiger partial charge in [0.15, 0.2) is 0 Å². The number of halogens is 2. The summed E-state index contributed by atoms with van der Waals surface area (Å²) in [6, 6.07) is 3.99. The molecule has 0 spiro atoms. The van der Waals surface area contributed by atoms with Crippen molar-refractivity contribution in [2.75, 3.05) is 0 Å². The summed E-state index contributed by atoms with van der Waals surface area (Å²) in [6.07, 6.45) is -3.00. The van der Waals surface area contributed by atoms with Crippen LogP contribution in [0.2, 0.25) is 0 Å². The highest BCUT2D eigenvalue weighted by atomic mass is 19.3. The zero-order valence-corrected chi connectivity index (χ0v) is 8.50. The molecular weight excluding hydrogens is 216 g/mol. The molecule has 0 amide bonds. The smallest absolute Gasteiger partial charge is 0.307 e. The second-order valence-electron chi connectivity index (χ2n) is 3.35. The average molecular weight is 225 g/mol. The number of carbonyl (C=O) groups is 1. The van der Waals surface area contributed by atoms with Crippen molar-refractivity contribution < 1.29 is 18.7 Å². The molecule has 0 aliphatic carbocycles. The molecular formula is C11H9F2NO2. The van der Waals surface area contributed by atoms with E-state index in [1.54, 1.807) is 6.07 Å². The van der Waals surface area contributed by atoms with Crippen LogP contribution >= 0.6 is 0 Å². The lowest BCUT2D eigenvalue weighted by molar-refractivity contribution is -0.136. The fourth-order valence-corrected chi connectivity index (χ4v) is 1.46. The quantitative estimate of drug-likeness (QED) is 0.859. The summed E-state index contributed by atoms with van der Waals surface area (Å²) in [5, 5.41) is 17.4. The highest BCUT2D eigenvalue weighted by Crippen LogP contribution is 2.24. The Labute approximate surface area is 90.9 Å². The van der Waals surface area contributed by atoms with E-state index >= 15 is 0 Å². The van der Waals surface area contributed by atoms with Gasteiger partial charge in [0.25, 0.3) is 6.43 Å². The van der Waals surface area contributed by atoms with Crippen LogP contribution in [-0.4, -0.2) is 11.1 Å². The van der Waals surface area contributed by atoms with Crippen molar-refractivity contribution in [2.45, 2.75) is 19.8 Å². The molecule has 0 fully saturated rings. The second kappa shape index (κ2) is 4.71. The lowest BCUT2D eigenvalue weighted by atomic mass is 9.97. The van der Waals surface area contributed by atoms with Crippen LogP contribution in [0.25, 0.3) is 0 Å². The van der Waals surface area contributed by atoms with Gasteiger partial charge in [-0.3, -0.25) is 4.79 Å². The number of carboxylic acids is 1. The van der Waals surface area contributed by atoms with Gasteiger partial charge in [0.05, 0.1) is 18.1 Å². The number of hydrogen-bond donors (Lipinski definition) is 1. The Kier molecular flexibility index (Phi) is 3.56. The van der Waals surface area contributed by atoms with Gasteiger partial charge in [0.2, 0.25) is 0 Å². The maximum absolute atomic E-state index is 12.4. The largest absolute Gasteiger partial charge is 0.481 e. The second-order valence-corrected chi connectivity index (χ2v) is 3.35. The molecule has 1 aromatic carbocycles. The molecule has 0 radical (unpaired) electrons. The lowest BCUT2D eigenvalue weighted by Crippen LogP contribution is -2.05. The molecule has 84 valence electrons. The van der Waals surface area contributed by atoms with Crippen LogP contribution in [0.3, 0.4) is 0 Å². The first kappa shape index (κ1) is 12.1. The van der Waals surface area contributed by atoms with Crippen LogP contribution in [-0.2, 0) is 11.2 Å². The molecule has 0 aromatic heterocycles. The molecule has 5 heteroatoms. The van der Waals surface area contributed by atoms with Crippen LogP contribution < -0.4 is 0 Å². The number of nitrogens with zero attached hydrogens (tertiary/aromatic N) is 1. The molecule has 1 aromatic rings. The van der Waals surface area contributed by atoms with Crippen molar-refractivity contribution in [3.8, 4) is 6.07 Å². The van der Waals surface area contributed by atoms with Crippen molar-refractivity contribution in [3.05, 3.63) is 34.4 Å². The normalized spacial score (nSPS) is 10.2. The molecule has 0 saturated heterocycles. The first-order chi connectivity index (χ1) is 7.45. The van der Waals surface area contributed by atoms with Crippen molar-refractivity contribution >= 4 is 5.97 Å². The Morgan fingerprint density at radius 2 is 2.19 bits per heavy atom. The Morgan fingerprint density at radius 1 is 1.56 bits per heavy atom. The number of benzene rings is 1. The molecule has 0 atom stereocenters. The Hall–Kier alpha value is -1.96. The fraction of sp³-hybridized carbons (Fsp3) is 0.273. The SMILES string of the molecule is Cc1cc(C(F)F)cc(C#N)c1CC(=O)O. The van der Waals surface area contributed by atoms with E-state index in [2.05, 4.69) is 0 Å². The zero-order valence-electron chi connectivity index (χ0n) is 8.50. The van der Waals surface area contributed by atoms with Crippen LogP contribution in [0.15, 0.2) is 12.1 Å². The summed E-state index contributed by atoms with van der Waals surface area (Å²) in [5.41, 5.74) is 0.428. The highest BCUT2D eigenvalue weighted by Gasteiger charge is 2.15. The van der Waals surface area contributed by atoms with Gasteiger partial charge in [-0.2, -0.15) is 5.26 Å². The van der Waals surface area contributed by atoms with E-state index in [0.717, 1.165) is 6.07 Å². The van der Waals surface area contributed by atoms with Gasteiger partial charge >= 0.3 is 5.97 Å². The number of aliphatic carboxylic acids is 1. The number of rotatable bonds is 3. The Bertz CT molecular complexity index is 464. The maximum atomic E-state index is 12.4. The van der Waals surface area contributed by atoms with Crippen molar-refractivity contribution in [1.82, 2.24) is 0 Å². The molecule has 0 heterocycles. The van der Waals surface area contributed by atoms with Gasteiger partial charge in [-0.05, 0) is 24.1 Å². The first-order valence-electron chi connectivity index (χ1n) is 4.49. The van der Waals surface area contributed by atoms with Crippen LogP contribution in [0.1, 0.15) is 28.7 Å². The third-order valence-electron chi connectivity index (χ3n) is 2.20. The summed E-state index contributed by atoms with van der Waals surface area (Å²) < 4.78 is 24.9. The minimum atomic E-state index is -2.66. The number of alkyl halides is 2. The molecule has 0 aliphatic heterocycles. The van der Waals surface area contributed by atoms with Gasteiger partial charge < -0.3 is 5.11 Å². The van der Waals surface area contributed by atoms with E-state index in [-0.39, 0.29) is 17.5 Å². The van der Waals surface area contributed by atoms with E-state index in [0.29, 0.717) is 11.1 Å². The third-order valence-corrected chi connectivity index (χ3v) is 2.20. The minimum absolute atomic E-state index is 0.00213. The molecule has 0 saturated carbocycles. The fourth-order valence-electron chi connectivity index (χ4n) is 1.46. The van der Waals surface area contributed by atoms with E-state index in [4.69, 9.17) is 10.4 Å². The summed E-state index contributed by atoms with van der Waals surface area (Å²) in [6.45, 7) is 1.52. The van der Waals surface area contributed by atoms with E-state index in [1.165, 1.54) is 13.0 Å². The Morgan fingerprint density at radius 3 is 2.62 bits per heavy atom. The molecule has 3 nitrogen and oxygen atoms in total. The predicted molar refractivity (Wildman–Crippen MR) is 52.2 cm³/mol. The van der Waals surface area contributed by atoms with E-state index in [1.807, 2.05) is 0 Å². The van der Waals surface area contributed by atoms with Crippen molar-refractivity contribution in [3.63, 3.8) is 0 Å². The summed E-state index contributed by atoms with van der Waals surface area (Å²) in [7, 11) is 0. The van der Waals surface area contributed by atoms with E-state index in [9.17, 15) is 13.6 Å². The van der Waals surface area contributed by atoms with Gasteiger partial charge in [-0.25, -0.2) is 8.78 Å². The van der Waals surface area contributed by atoms with Gasteiger partial charge in [-0.1, -0.05) is 6.07 Å². The van der Waals surface area contributed by atoms with Gasteiger partial charge in [0, 0.05) is 5.56 Å². The number of aryl methyl sites for hydroxylation is 1. The standard InChI is InChI=1S/C11H9F2NO2/c1-6-2-7(11(12)13)3-8(5-14)9(6)4-10(15)16/h2-3,11H,4H2,1H3,(H,15,16). The van der Waals surface area contributed by atoms with Crippen LogP contribution in [0.4, 0.5) is 8.78 Å². The summed E-state index contributed by atoms with van der Waals surface area (Å²) >= 11 is 0. The van der Waals surface area contributed by atoms with Crippen molar-refractivity contribution in [2.24, 2.45) is 0 Å². The highest BCUT2D eigenvalue weighted by molar-refractivity contribution is 5.72. The number of hydrogen-bond acceptors (Lipinski definition) is 2. The van der Waals surface area contributed by atoms with Gasteiger partial charge in [0.1, 0.15) is 0 Å². The van der Waals surface area contributed by atoms with Crippen molar-refractivity contribution in [1.29, 1.82) is 5.26 Å². The average Bonchev–Trinajstić information content (AvgIpc) is 2.19. The molecule has 0 unspecified atom stereocenters. The molecule has 1 rings (SSSR count). The monoisotopic (exact) mass is 225 g/mol. The van der Waals surface area contributed by atoms with Crippen LogP contribution in [0, 0.1) is 18.3 Å².